The Morgan fingerprint density at radius 2 is 1.80 bits per heavy atom. The largest absolute Gasteiger partial charge is 0.454 e. The van der Waals surface area contributed by atoms with Crippen LogP contribution in [0.3, 0.4) is 0 Å². The fraction of sp³-hybridized carbons (Fsp3) is 0.190. The maximum atomic E-state index is 12.2. The molecule has 2 N–H and O–H groups in total. The number of amides is 1. The molecule has 7 nitrogen and oxygen atoms in total. The first-order valence-electron chi connectivity index (χ1n) is 9.24. The zero-order valence-electron chi connectivity index (χ0n) is 15.9. The number of nitrogens with zero attached hydrogens (tertiary/aromatic N) is 2. The third-order valence-corrected chi connectivity index (χ3v) is 5.48. The van der Waals surface area contributed by atoms with Gasteiger partial charge in [-0.2, -0.15) is 0 Å². The van der Waals surface area contributed by atoms with Crippen LogP contribution in [0.4, 0.5) is 5.82 Å². The average molecular weight is 443 g/mol. The molecule has 2 aromatic carbocycles. The predicted molar refractivity (Wildman–Crippen MR) is 116 cm³/mol. The topological polar surface area (TPSA) is 85.4 Å². The third kappa shape index (κ3) is 5.55. The second-order valence-electron chi connectivity index (χ2n) is 6.47. The second kappa shape index (κ2) is 9.69. The van der Waals surface area contributed by atoms with Crippen LogP contribution in [-0.2, 0) is 17.9 Å². The molecule has 0 radical (unpaired) electrons. The molecule has 0 unspecified atom stereocenters. The average Bonchev–Trinajstić information content (AvgIpc) is 3.24. The maximum Gasteiger partial charge on any atom is 0.231 e. The van der Waals surface area contributed by atoms with Crippen LogP contribution in [0, 0.1) is 0 Å². The summed E-state index contributed by atoms with van der Waals surface area (Å²) in [6, 6.07) is 15.1. The molecular formula is C21H19ClN4O3S. The highest BCUT2D eigenvalue weighted by molar-refractivity contribution is 7.99. The van der Waals surface area contributed by atoms with Crippen molar-refractivity contribution in [3.8, 4) is 11.5 Å². The van der Waals surface area contributed by atoms with E-state index in [0.717, 1.165) is 21.9 Å². The number of carbonyl (C=O) groups excluding carboxylic acids is 1. The molecule has 0 spiro atoms. The van der Waals surface area contributed by atoms with Crippen LogP contribution in [0.15, 0.2) is 59.9 Å². The summed E-state index contributed by atoms with van der Waals surface area (Å²) in [6.45, 7) is 1.28. The fourth-order valence-corrected chi connectivity index (χ4v) is 3.58. The Labute approximate surface area is 183 Å². The number of rotatable bonds is 8. The molecule has 9 heteroatoms. The Hall–Kier alpha value is -2.97. The number of anilines is 1. The minimum absolute atomic E-state index is 0.0769. The summed E-state index contributed by atoms with van der Waals surface area (Å²) < 4.78 is 10.6. The smallest absolute Gasteiger partial charge is 0.231 e. The van der Waals surface area contributed by atoms with Crippen molar-refractivity contribution < 1.29 is 14.3 Å². The molecule has 4 rings (SSSR count). The molecule has 30 heavy (non-hydrogen) atoms. The number of thioether (sulfide) groups is 1. The normalized spacial score (nSPS) is 11.9. The lowest BCUT2D eigenvalue weighted by Gasteiger charge is -2.08. The number of fused-ring (bicyclic) bond motifs is 1. The first-order chi connectivity index (χ1) is 14.7. The molecule has 0 saturated carbocycles. The number of carbonyl (C=O) groups is 1. The highest BCUT2D eigenvalue weighted by Gasteiger charge is 2.13. The van der Waals surface area contributed by atoms with E-state index in [1.54, 1.807) is 0 Å². The summed E-state index contributed by atoms with van der Waals surface area (Å²) in [5.74, 6) is 2.31. The summed E-state index contributed by atoms with van der Waals surface area (Å²) in [5.41, 5.74) is 2.04. The number of halogens is 1. The second-order valence-corrected chi connectivity index (χ2v) is 7.91. The van der Waals surface area contributed by atoms with Gasteiger partial charge in [0.15, 0.2) is 11.5 Å². The minimum atomic E-state index is -0.0769. The molecule has 0 fully saturated rings. The van der Waals surface area contributed by atoms with E-state index in [1.165, 1.54) is 18.1 Å². The van der Waals surface area contributed by atoms with E-state index in [0.29, 0.717) is 29.7 Å². The Morgan fingerprint density at radius 1 is 1.00 bits per heavy atom. The van der Waals surface area contributed by atoms with Gasteiger partial charge >= 0.3 is 0 Å². The van der Waals surface area contributed by atoms with E-state index in [1.807, 2.05) is 48.5 Å². The van der Waals surface area contributed by atoms with E-state index in [9.17, 15) is 4.79 Å². The Bertz CT molecular complexity index is 1030. The first kappa shape index (κ1) is 20.3. The molecule has 0 atom stereocenters. The molecule has 154 valence electrons. The van der Waals surface area contributed by atoms with Crippen LogP contribution in [0.5, 0.6) is 11.5 Å². The number of nitrogens with one attached hydrogen (secondary N) is 2. The Morgan fingerprint density at radius 3 is 2.67 bits per heavy atom. The van der Waals surface area contributed by atoms with Crippen molar-refractivity contribution in [1.29, 1.82) is 0 Å². The SMILES string of the molecule is O=C(CSc1cc(NCc2ccc(Cl)cc2)ncn1)NCc1ccc2c(c1)OCO2. The molecule has 2 heterocycles. The van der Waals surface area contributed by atoms with Crippen molar-refractivity contribution in [2.24, 2.45) is 0 Å². The zero-order chi connectivity index (χ0) is 20.8. The number of benzene rings is 2. The van der Waals surface area contributed by atoms with E-state index in [-0.39, 0.29) is 18.5 Å². The van der Waals surface area contributed by atoms with Gasteiger partial charge in [0.05, 0.1) is 5.75 Å². The van der Waals surface area contributed by atoms with Crippen LogP contribution in [0.2, 0.25) is 5.02 Å². The summed E-state index contributed by atoms with van der Waals surface area (Å²) >= 11 is 7.26. The molecule has 0 saturated heterocycles. The number of ether oxygens (including phenoxy) is 2. The van der Waals surface area contributed by atoms with Crippen molar-refractivity contribution >= 4 is 35.1 Å². The summed E-state index contributed by atoms with van der Waals surface area (Å²) in [5, 5.41) is 7.57. The number of hydrogen-bond acceptors (Lipinski definition) is 7. The lowest BCUT2D eigenvalue weighted by Crippen LogP contribution is -2.24. The van der Waals surface area contributed by atoms with Crippen LogP contribution < -0.4 is 20.1 Å². The highest BCUT2D eigenvalue weighted by Crippen LogP contribution is 2.32. The first-order valence-corrected chi connectivity index (χ1v) is 10.6. The van der Waals surface area contributed by atoms with Gasteiger partial charge in [-0.25, -0.2) is 9.97 Å². The summed E-state index contributed by atoms with van der Waals surface area (Å²) in [7, 11) is 0. The number of hydrogen-bond donors (Lipinski definition) is 2. The molecule has 0 aliphatic carbocycles. The van der Waals surface area contributed by atoms with Gasteiger partial charge in [-0.15, -0.1) is 0 Å². The Kier molecular flexibility index (Phi) is 6.56. The quantitative estimate of drug-likeness (QED) is 0.404. The standard InChI is InChI=1S/C21H19ClN4O3S/c22-16-4-1-14(2-5-16)9-23-19-8-21(26-12-25-19)30-11-20(27)24-10-15-3-6-17-18(7-15)29-13-28-17/h1-8,12H,9-11,13H2,(H,24,27)(H,23,25,26). The predicted octanol–water partition coefficient (Wildman–Crippen LogP) is 3.88. The fourth-order valence-electron chi connectivity index (χ4n) is 2.75. The van der Waals surface area contributed by atoms with Crippen LogP contribution in [0.25, 0.3) is 0 Å². The minimum Gasteiger partial charge on any atom is -0.454 e. The molecule has 1 aromatic heterocycles. The van der Waals surface area contributed by atoms with E-state index in [2.05, 4.69) is 20.6 Å². The summed E-state index contributed by atoms with van der Waals surface area (Å²) in [6.07, 6.45) is 1.48. The van der Waals surface area contributed by atoms with E-state index < -0.39 is 0 Å². The molecule has 1 aliphatic heterocycles. The van der Waals surface area contributed by atoms with Gasteiger partial charge in [0.1, 0.15) is 17.2 Å². The zero-order valence-corrected chi connectivity index (χ0v) is 17.5. The molecular weight excluding hydrogens is 424 g/mol. The van der Waals surface area contributed by atoms with Crippen LogP contribution >= 0.6 is 23.4 Å². The van der Waals surface area contributed by atoms with Crippen LogP contribution in [-0.4, -0.2) is 28.4 Å². The van der Waals surface area contributed by atoms with Crippen molar-refractivity contribution in [3.63, 3.8) is 0 Å². The molecule has 1 aliphatic rings. The van der Waals surface area contributed by atoms with Gasteiger partial charge in [0, 0.05) is 24.2 Å². The van der Waals surface area contributed by atoms with Crippen molar-refractivity contribution in [2.45, 2.75) is 18.1 Å². The van der Waals surface area contributed by atoms with Crippen molar-refractivity contribution in [1.82, 2.24) is 15.3 Å². The van der Waals surface area contributed by atoms with Gasteiger partial charge < -0.3 is 20.1 Å². The van der Waals surface area contributed by atoms with E-state index in [4.69, 9.17) is 21.1 Å². The lowest BCUT2D eigenvalue weighted by molar-refractivity contribution is -0.118. The van der Waals surface area contributed by atoms with Crippen molar-refractivity contribution in [3.05, 3.63) is 71.0 Å². The van der Waals surface area contributed by atoms with Gasteiger partial charge in [0.2, 0.25) is 12.7 Å². The van der Waals surface area contributed by atoms with Gasteiger partial charge in [0.25, 0.3) is 0 Å². The molecule has 0 bridgehead atoms. The maximum absolute atomic E-state index is 12.2. The monoisotopic (exact) mass is 442 g/mol. The van der Waals surface area contributed by atoms with Crippen LogP contribution in [0.1, 0.15) is 11.1 Å². The van der Waals surface area contributed by atoms with Gasteiger partial charge in [-0.05, 0) is 35.4 Å². The van der Waals surface area contributed by atoms with Gasteiger partial charge in [-0.1, -0.05) is 41.6 Å². The third-order valence-electron chi connectivity index (χ3n) is 4.31. The highest BCUT2D eigenvalue weighted by atomic mass is 35.5. The molecule has 1 amide bonds. The summed E-state index contributed by atoms with van der Waals surface area (Å²) in [4.78, 5) is 20.6. The number of aromatic nitrogens is 2. The van der Waals surface area contributed by atoms with E-state index >= 15 is 0 Å². The van der Waals surface area contributed by atoms with Gasteiger partial charge in [-0.3, -0.25) is 4.79 Å². The lowest BCUT2D eigenvalue weighted by atomic mass is 10.2. The molecule has 3 aromatic rings. The Balaban J connectivity index is 1.23. The van der Waals surface area contributed by atoms with Crippen molar-refractivity contribution in [2.75, 3.05) is 17.9 Å².